The first-order valence-electron chi connectivity index (χ1n) is 5.24. The van der Waals surface area contributed by atoms with Gasteiger partial charge in [0.25, 0.3) is 0 Å². The van der Waals surface area contributed by atoms with Gasteiger partial charge in [0.1, 0.15) is 0 Å². The zero-order valence-corrected chi connectivity index (χ0v) is 9.72. The van der Waals surface area contributed by atoms with Gasteiger partial charge >= 0.3 is 0 Å². The van der Waals surface area contributed by atoms with Crippen molar-refractivity contribution in [3.05, 3.63) is 53.6 Å². The molecule has 84 valence electrons. The molecule has 1 aromatic heterocycles. The molecule has 0 amide bonds. The van der Waals surface area contributed by atoms with Gasteiger partial charge in [0.2, 0.25) is 5.95 Å². The van der Waals surface area contributed by atoms with Crippen LogP contribution < -0.4 is 5.73 Å². The molecule has 0 bridgehead atoms. The van der Waals surface area contributed by atoms with Crippen LogP contribution in [0.4, 0.5) is 5.95 Å². The van der Waals surface area contributed by atoms with Gasteiger partial charge in [-0.15, -0.1) is 0 Å². The van der Waals surface area contributed by atoms with Gasteiger partial charge in [0, 0.05) is 5.02 Å². The summed E-state index contributed by atoms with van der Waals surface area (Å²) in [5, 5.41) is 0.680. The van der Waals surface area contributed by atoms with Crippen LogP contribution in [0, 0.1) is 0 Å². The molecule has 0 radical (unpaired) electrons. The van der Waals surface area contributed by atoms with Crippen LogP contribution >= 0.6 is 11.6 Å². The number of nitrogens with two attached hydrogens (primary N) is 1. The van der Waals surface area contributed by atoms with E-state index >= 15 is 0 Å². The molecule has 0 saturated heterocycles. The highest BCUT2D eigenvalue weighted by Crippen LogP contribution is 2.24. The van der Waals surface area contributed by atoms with Gasteiger partial charge in [-0.05, 0) is 30.3 Å². The molecule has 0 aliphatic rings. The molecule has 0 atom stereocenters. The highest BCUT2D eigenvalue weighted by atomic mass is 35.5. The predicted octanol–water partition coefficient (Wildman–Crippen LogP) is 3.26. The minimum Gasteiger partial charge on any atom is -0.369 e. The van der Waals surface area contributed by atoms with Crippen molar-refractivity contribution in [2.24, 2.45) is 0 Å². The van der Waals surface area contributed by atoms with Gasteiger partial charge in [-0.25, -0.2) is 4.98 Å². The van der Waals surface area contributed by atoms with Gasteiger partial charge in [-0.2, -0.15) is 0 Å². The first-order chi connectivity index (χ1) is 8.25. The number of nitrogens with zero attached hydrogens (tertiary/aromatic N) is 2. The quantitative estimate of drug-likeness (QED) is 0.713. The summed E-state index contributed by atoms with van der Waals surface area (Å²) in [5.74, 6) is 0.466. The zero-order chi connectivity index (χ0) is 11.8. The van der Waals surface area contributed by atoms with Gasteiger partial charge in [0.15, 0.2) is 0 Å². The third kappa shape index (κ3) is 1.65. The van der Waals surface area contributed by atoms with E-state index in [1.54, 1.807) is 0 Å². The number of halogens is 1. The molecule has 0 spiro atoms. The van der Waals surface area contributed by atoms with Crippen LogP contribution in [0.2, 0.25) is 5.02 Å². The second-order valence-corrected chi connectivity index (χ2v) is 4.21. The van der Waals surface area contributed by atoms with Crippen molar-refractivity contribution in [1.29, 1.82) is 0 Å². The van der Waals surface area contributed by atoms with Crippen molar-refractivity contribution in [3.63, 3.8) is 0 Å². The van der Waals surface area contributed by atoms with Crippen LogP contribution in [-0.2, 0) is 0 Å². The van der Waals surface area contributed by atoms with E-state index in [-0.39, 0.29) is 0 Å². The third-order valence-corrected chi connectivity index (χ3v) is 2.89. The van der Waals surface area contributed by atoms with E-state index in [0.717, 1.165) is 16.7 Å². The van der Waals surface area contributed by atoms with E-state index in [2.05, 4.69) is 4.98 Å². The average Bonchev–Trinajstić information content (AvgIpc) is 2.64. The van der Waals surface area contributed by atoms with E-state index in [4.69, 9.17) is 17.3 Å². The van der Waals surface area contributed by atoms with Gasteiger partial charge in [0.05, 0.1) is 16.7 Å². The molecule has 0 aliphatic carbocycles. The van der Waals surface area contributed by atoms with E-state index < -0.39 is 0 Å². The van der Waals surface area contributed by atoms with Gasteiger partial charge < -0.3 is 5.73 Å². The van der Waals surface area contributed by atoms with E-state index in [1.165, 1.54) is 0 Å². The Hall–Kier alpha value is -2.00. The van der Waals surface area contributed by atoms with Crippen molar-refractivity contribution < 1.29 is 0 Å². The number of hydrogen-bond acceptors (Lipinski definition) is 2. The number of aromatic nitrogens is 2. The number of imidazole rings is 1. The molecule has 0 aliphatic heterocycles. The second-order valence-electron chi connectivity index (χ2n) is 3.77. The number of hydrogen-bond donors (Lipinski definition) is 1. The molecule has 17 heavy (non-hydrogen) atoms. The fourth-order valence-corrected chi connectivity index (χ4v) is 2.12. The van der Waals surface area contributed by atoms with Crippen LogP contribution in [-0.4, -0.2) is 9.55 Å². The van der Waals surface area contributed by atoms with Gasteiger partial charge in [-0.3, -0.25) is 4.57 Å². The van der Waals surface area contributed by atoms with Crippen molar-refractivity contribution in [3.8, 4) is 5.69 Å². The summed E-state index contributed by atoms with van der Waals surface area (Å²) < 4.78 is 1.89. The molecular weight excluding hydrogens is 234 g/mol. The maximum Gasteiger partial charge on any atom is 0.205 e. The van der Waals surface area contributed by atoms with E-state index in [9.17, 15) is 0 Å². The Balaban J connectivity index is 2.33. The van der Waals surface area contributed by atoms with E-state index in [1.807, 2.05) is 53.1 Å². The molecule has 0 saturated carbocycles. The molecule has 3 nitrogen and oxygen atoms in total. The van der Waals surface area contributed by atoms with Crippen LogP contribution in [0.5, 0.6) is 0 Å². The van der Waals surface area contributed by atoms with Crippen LogP contribution in [0.25, 0.3) is 16.7 Å². The summed E-state index contributed by atoms with van der Waals surface area (Å²) in [6.45, 7) is 0. The van der Waals surface area contributed by atoms with E-state index in [0.29, 0.717) is 11.0 Å². The average molecular weight is 244 g/mol. The summed E-state index contributed by atoms with van der Waals surface area (Å²) in [6, 6.07) is 15.4. The smallest absolute Gasteiger partial charge is 0.205 e. The predicted molar refractivity (Wildman–Crippen MR) is 70.5 cm³/mol. The van der Waals surface area contributed by atoms with Crippen molar-refractivity contribution in [2.75, 3.05) is 5.73 Å². The molecule has 0 fully saturated rings. The molecule has 3 rings (SSSR count). The topological polar surface area (TPSA) is 43.8 Å². The Morgan fingerprint density at radius 1 is 1.06 bits per heavy atom. The lowest BCUT2D eigenvalue weighted by atomic mass is 10.3. The lowest BCUT2D eigenvalue weighted by molar-refractivity contribution is 1.11. The number of rotatable bonds is 1. The van der Waals surface area contributed by atoms with Crippen molar-refractivity contribution in [1.82, 2.24) is 9.55 Å². The highest BCUT2D eigenvalue weighted by molar-refractivity contribution is 6.30. The number of fused-ring (bicyclic) bond motifs is 1. The largest absolute Gasteiger partial charge is 0.369 e. The first-order valence-corrected chi connectivity index (χ1v) is 5.62. The summed E-state index contributed by atoms with van der Waals surface area (Å²) in [7, 11) is 0. The second kappa shape index (κ2) is 3.79. The summed E-state index contributed by atoms with van der Waals surface area (Å²) >= 11 is 5.99. The highest BCUT2D eigenvalue weighted by Gasteiger charge is 2.09. The Bertz CT molecular complexity index is 688. The minimum atomic E-state index is 0.466. The molecule has 2 aromatic carbocycles. The number of anilines is 1. The summed E-state index contributed by atoms with van der Waals surface area (Å²) in [6.07, 6.45) is 0. The maximum absolute atomic E-state index is 5.99. The van der Waals surface area contributed by atoms with Crippen molar-refractivity contribution in [2.45, 2.75) is 0 Å². The number of para-hydroxylation sites is 2. The fraction of sp³-hybridized carbons (Fsp3) is 0. The Labute approximate surface area is 103 Å². The van der Waals surface area contributed by atoms with Crippen LogP contribution in [0.15, 0.2) is 48.5 Å². The molecule has 0 unspecified atom stereocenters. The Morgan fingerprint density at radius 3 is 2.71 bits per heavy atom. The minimum absolute atomic E-state index is 0.466. The normalized spacial score (nSPS) is 10.9. The fourth-order valence-electron chi connectivity index (χ4n) is 1.93. The molecule has 3 aromatic rings. The van der Waals surface area contributed by atoms with Crippen LogP contribution in [0.1, 0.15) is 0 Å². The molecular formula is C13H10ClN3. The third-order valence-electron chi connectivity index (χ3n) is 2.65. The summed E-state index contributed by atoms with van der Waals surface area (Å²) in [5.41, 5.74) is 8.72. The Morgan fingerprint density at radius 2 is 1.88 bits per heavy atom. The summed E-state index contributed by atoms with van der Waals surface area (Å²) in [4.78, 5) is 4.32. The van der Waals surface area contributed by atoms with Crippen molar-refractivity contribution >= 4 is 28.6 Å². The monoisotopic (exact) mass is 243 g/mol. The molecule has 4 heteroatoms. The molecule has 2 N–H and O–H groups in total. The number of benzene rings is 2. The Kier molecular flexibility index (Phi) is 2.27. The van der Waals surface area contributed by atoms with Crippen LogP contribution in [0.3, 0.4) is 0 Å². The maximum atomic E-state index is 5.99. The lowest BCUT2D eigenvalue weighted by Crippen LogP contribution is -2.00. The lowest BCUT2D eigenvalue weighted by Gasteiger charge is -2.06. The molecule has 1 heterocycles. The zero-order valence-electron chi connectivity index (χ0n) is 8.97. The SMILES string of the molecule is Nc1nc2ccccc2n1-c1cccc(Cl)c1. The number of nitrogen functional groups attached to an aromatic ring is 1. The van der Waals surface area contributed by atoms with Gasteiger partial charge in [-0.1, -0.05) is 29.8 Å². The first kappa shape index (κ1) is 10.2. The standard InChI is InChI=1S/C13H10ClN3/c14-9-4-3-5-10(8-9)17-12-7-2-1-6-11(12)16-13(17)15/h1-8H,(H2,15,16).